The normalized spacial score (nSPS) is 14.5. The lowest BCUT2D eigenvalue weighted by Gasteiger charge is -2.20. The third kappa shape index (κ3) is 5.23. The summed E-state index contributed by atoms with van der Waals surface area (Å²) in [6, 6.07) is 6.32. The number of guanidine groups is 1. The first kappa shape index (κ1) is 18.9. The summed E-state index contributed by atoms with van der Waals surface area (Å²) in [5.41, 5.74) is 1.11. The average molecular weight is 419 g/mol. The largest absolute Gasteiger partial charge is 0.454 e. The molecule has 1 heterocycles. The Morgan fingerprint density at radius 2 is 1.95 bits per heavy atom. The molecule has 1 aromatic rings. The Balaban J connectivity index is 0.00000242. The van der Waals surface area contributed by atoms with Crippen LogP contribution in [0.5, 0.6) is 11.5 Å². The number of halogens is 1. The number of aliphatic imine (C=N–C) groups is 1. The second kappa shape index (κ2) is 9.07. The second-order valence-corrected chi connectivity index (χ2v) is 5.56. The summed E-state index contributed by atoms with van der Waals surface area (Å²) in [4.78, 5) is 4.63. The molecular formula is C16H26IN3O2. The molecule has 0 amide bonds. The van der Waals surface area contributed by atoms with Crippen molar-refractivity contribution in [1.29, 1.82) is 0 Å². The van der Waals surface area contributed by atoms with Gasteiger partial charge in [-0.2, -0.15) is 0 Å². The molecule has 1 aromatic carbocycles. The molecule has 0 aromatic heterocycles. The Hall–Kier alpha value is -1.18. The lowest BCUT2D eigenvalue weighted by Crippen LogP contribution is -2.44. The Kier molecular flexibility index (Phi) is 7.78. The number of benzene rings is 1. The van der Waals surface area contributed by atoms with Crippen molar-refractivity contribution in [3.8, 4) is 11.5 Å². The van der Waals surface area contributed by atoms with E-state index in [4.69, 9.17) is 9.47 Å². The standard InChI is InChI=1S/C16H25N3O2.HI/c1-5-17-16(19-12(4)11(2)3)18-9-13-6-7-14-15(8-13)21-10-20-14;/h6-8,11-12H,5,9-10H2,1-4H3,(H2,17,18,19);1H. The fourth-order valence-electron chi connectivity index (χ4n) is 1.91. The van der Waals surface area contributed by atoms with Crippen LogP contribution in [0.1, 0.15) is 33.3 Å². The molecule has 0 radical (unpaired) electrons. The Bertz CT molecular complexity index is 506. The zero-order valence-corrected chi connectivity index (χ0v) is 16.0. The molecule has 6 heteroatoms. The molecule has 5 nitrogen and oxygen atoms in total. The predicted molar refractivity (Wildman–Crippen MR) is 100 cm³/mol. The van der Waals surface area contributed by atoms with Crippen LogP contribution in [-0.2, 0) is 6.54 Å². The van der Waals surface area contributed by atoms with Crippen LogP contribution in [0.4, 0.5) is 0 Å². The third-order valence-corrected chi connectivity index (χ3v) is 3.57. The van der Waals surface area contributed by atoms with Crippen LogP contribution in [0.25, 0.3) is 0 Å². The van der Waals surface area contributed by atoms with Gasteiger partial charge in [0, 0.05) is 12.6 Å². The van der Waals surface area contributed by atoms with Crippen molar-refractivity contribution in [2.75, 3.05) is 13.3 Å². The van der Waals surface area contributed by atoms with Gasteiger partial charge >= 0.3 is 0 Å². The maximum atomic E-state index is 5.39. The van der Waals surface area contributed by atoms with Crippen LogP contribution in [0, 0.1) is 5.92 Å². The van der Waals surface area contributed by atoms with Crippen molar-refractivity contribution in [2.45, 2.75) is 40.3 Å². The monoisotopic (exact) mass is 419 g/mol. The molecule has 0 spiro atoms. The Morgan fingerprint density at radius 3 is 2.64 bits per heavy atom. The van der Waals surface area contributed by atoms with Gasteiger partial charge in [-0.15, -0.1) is 24.0 Å². The van der Waals surface area contributed by atoms with Crippen LogP contribution >= 0.6 is 24.0 Å². The van der Waals surface area contributed by atoms with E-state index in [1.54, 1.807) is 0 Å². The van der Waals surface area contributed by atoms with Crippen LogP contribution < -0.4 is 20.1 Å². The Morgan fingerprint density at radius 1 is 1.23 bits per heavy atom. The number of nitrogens with zero attached hydrogens (tertiary/aromatic N) is 1. The number of nitrogens with one attached hydrogen (secondary N) is 2. The highest BCUT2D eigenvalue weighted by Crippen LogP contribution is 2.32. The van der Waals surface area contributed by atoms with Gasteiger partial charge < -0.3 is 20.1 Å². The molecule has 1 aliphatic heterocycles. The van der Waals surface area contributed by atoms with E-state index >= 15 is 0 Å². The van der Waals surface area contributed by atoms with Gasteiger partial charge in [0.1, 0.15) is 0 Å². The summed E-state index contributed by atoms with van der Waals surface area (Å²) in [7, 11) is 0. The van der Waals surface area contributed by atoms with E-state index in [0.29, 0.717) is 25.3 Å². The maximum Gasteiger partial charge on any atom is 0.231 e. The van der Waals surface area contributed by atoms with E-state index in [1.165, 1.54) is 0 Å². The van der Waals surface area contributed by atoms with E-state index in [1.807, 2.05) is 18.2 Å². The summed E-state index contributed by atoms with van der Waals surface area (Å²) in [5, 5.41) is 6.70. The highest BCUT2D eigenvalue weighted by Gasteiger charge is 2.13. The van der Waals surface area contributed by atoms with Gasteiger partial charge in [0.05, 0.1) is 6.54 Å². The average Bonchev–Trinajstić information content (AvgIpc) is 2.92. The SMILES string of the molecule is CCNC(=NCc1ccc2c(c1)OCO2)NC(C)C(C)C.I. The highest BCUT2D eigenvalue weighted by molar-refractivity contribution is 14.0. The quantitative estimate of drug-likeness (QED) is 0.438. The first-order valence-electron chi connectivity index (χ1n) is 7.53. The molecule has 0 aliphatic carbocycles. The van der Waals surface area contributed by atoms with Crippen molar-refractivity contribution < 1.29 is 9.47 Å². The van der Waals surface area contributed by atoms with E-state index in [2.05, 4.69) is 43.3 Å². The molecule has 0 fully saturated rings. The fraction of sp³-hybridized carbons (Fsp3) is 0.562. The number of ether oxygens (including phenoxy) is 2. The number of hydrogen-bond acceptors (Lipinski definition) is 3. The van der Waals surface area contributed by atoms with Crippen LogP contribution in [0.2, 0.25) is 0 Å². The number of rotatable bonds is 5. The summed E-state index contributed by atoms with van der Waals surface area (Å²) < 4.78 is 10.7. The first-order valence-corrected chi connectivity index (χ1v) is 7.53. The number of hydrogen-bond donors (Lipinski definition) is 2. The van der Waals surface area contributed by atoms with Gasteiger partial charge in [0.2, 0.25) is 6.79 Å². The summed E-state index contributed by atoms with van der Waals surface area (Å²) in [5.74, 6) is 3.01. The maximum absolute atomic E-state index is 5.39. The molecule has 22 heavy (non-hydrogen) atoms. The molecule has 0 bridgehead atoms. The molecule has 2 rings (SSSR count). The smallest absolute Gasteiger partial charge is 0.231 e. The molecule has 0 saturated carbocycles. The summed E-state index contributed by atoms with van der Waals surface area (Å²) >= 11 is 0. The molecule has 1 unspecified atom stereocenters. The molecule has 2 N–H and O–H groups in total. The lowest BCUT2D eigenvalue weighted by molar-refractivity contribution is 0.174. The van der Waals surface area contributed by atoms with Gasteiger partial charge in [-0.3, -0.25) is 0 Å². The molecule has 1 aliphatic rings. The van der Waals surface area contributed by atoms with Crippen molar-refractivity contribution in [1.82, 2.24) is 10.6 Å². The van der Waals surface area contributed by atoms with Gasteiger partial charge in [0.15, 0.2) is 17.5 Å². The summed E-state index contributed by atoms with van der Waals surface area (Å²) in [6.45, 7) is 10.4. The van der Waals surface area contributed by atoms with Crippen molar-refractivity contribution >= 4 is 29.9 Å². The van der Waals surface area contributed by atoms with Gasteiger partial charge in [-0.05, 0) is 37.5 Å². The highest BCUT2D eigenvalue weighted by atomic mass is 127. The molecule has 0 saturated heterocycles. The minimum Gasteiger partial charge on any atom is -0.454 e. The zero-order chi connectivity index (χ0) is 15.2. The van der Waals surface area contributed by atoms with Gasteiger partial charge in [-0.25, -0.2) is 4.99 Å². The lowest BCUT2D eigenvalue weighted by atomic mass is 10.1. The minimum atomic E-state index is 0. The van der Waals surface area contributed by atoms with Crippen molar-refractivity contribution in [3.63, 3.8) is 0 Å². The van der Waals surface area contributed by atoms with Crippen molar-refractivity contribution in [3.05, 3.63) is 23.8 Å². The minimum absolute atomic E-state index is 0. The number of fused-ring (bicyclic) bond motifs is 1. The molecule has 1 atom stereocenters. The van der Waals surface area contributed by atoms with Crippen LogP contribution in [0.15, 0.2) is 23.2 Å². The Labute approximate surface area is 149 Å². The topological polar surface area (TPSA) is 54.9 Å². The molecule has 124 valence electrons. The van der Waals surface area contributed by atoms with E-state index in [9.17, 15) is 0 Å². The van der Waals surface area contributed by atoms with Crippen LogP contribution in [0.3, 0.4) is 0 Å². The van der Waals surface area contributed by atoms with Gasteiger partial charge in [0.25, 0.3) is 0 Å². The second-order valence-electron chi connectivity index (χ2n) is 5.56. The van der Waals surface area contributed by atoms with Gasteiger partial charge in [-0.1, -0.05) is 19.9 Å². The fourth-order valence-corrected chi connectivity index (χ4v) is 1.91. The van der Waals surface area contributed by atoms with E-state index in [-0.39, 0.29) is 24.0 Å². The van der Waals surface area contributed by atoms with E-state index in [0.717, 1.165) is 29.6 Å². The first-order chi connectivity index (χ1) is 10.1. The van der Waals surface area contributed by atoms with Crippen molar-refractivity contribution in [2.24, 2.45) is 10.9 Å². The zero-order valence-electron chi connectivity index (χ0n) is 13.7. The van der Waals surface area contributed by atoms with Crippen LogP contribution in [-0.4, -0.2) is 25.3 Å². The van der Waals surface area contributed by atoms with E-state index < -0.39 is 0 Å². The third-order valence-electron chi connectivity index (χ3n) is 3.57. The predicted octanol–water partition coefficient (Wildman–Crippen LogP) is 3.13. The molecular weight excluding hydrogens is 393 g/mol. The summed E-state index contributed by atoms with van der Waals surface area (Å²) in [6.07, 6.45) is 0.